The minimum atomic E-state index is -0.0224. The number of rotatable bonds is 2. The summed E-state index contributed by atoms with van der Waals surface area (Å²) >= 11 is 0. The molecule has 4 heteroatoms. The predicted molar refractivity (Wildman–Crippen MR) is 84.5 cm³/mol. The molecule has 1 aliphatic carbocycles. The van der Waals surface area contributed by atoms with Gasteiger partial charge in [0.1, 0.15) is 0 Å². The Balaban J connectivity index is 1.51. The van der Waals surface area contributed by atoms with Gasteiger partial charge in [-0.3, -0.25) is 9.59 Å². The zero-order chi connectivity index (χ0) is 15.3. The Labute approximate surface area is 131 Å². The van der Waals surface area contributed by atoms with E-state index in [1.54, 1.807) is 0 Å². The third-order valence-electron chi connectivity index (χ3n) is 5.31. The highest BCUT2D eigenvalue weighted by atomic mass is 16.2. The fraction of sp³-hybridized carbons (Fsp3) is 0.556. The topological polar surface area (TPSA) is 40.6 Å². The van der Waals surface area contributed by atoms with Gasteiger partial charge in [0.05, 0.1) is 0 Å². The van der Waals surface area contributed by atoms with Crippen molar-refractivity contribution in [1.29, 1.82) is 0 Å². The fourth-order valence-electron chi connectivity index (χ4n) is 3.91. The van der Waals surface area contributed by atoms with Crippen molar-refractivity contribution >= 4 is 17.5 Å². The van der Waals surface area contributed by atoms with Crippen LogP contribution < -0.4 is 4.90 Å². The largest absolute Gasteiger partial charge is 0.342 e. The van der Waals surface area contributed by atoms with Gasteiger partial charge in [0.25, 0.3) is 0 Å². The number of benzene rings is 1. The standard InChI is InChI=1S/C18H22N2O2/c1-13-3-2-4-15(9-13)20-12-18(10-16(20)21)7-8-19(11-18)17(22)14-5-6-14/h2-4,9,14H,5-8,10-12H2,1H3. The highest BCUT2D eigenvalue weighted by Crippen LogP contribution is 2.43. The average Bonchev–Trinajstić information content (AvgIpc) is 3.19. The van der Waals surface area contributed by atoms with Crippen LogP contribution in [0, 0.1) is 18.3 Å². The monoisotopic (exact) mass is 298 g/mol. The zero-order valence-electron chi connectivity index (χ0n) is 13.0. The van der Waals surface area contributed by atoms with Crippen LogP contribution in [-0.4, -0.2) is 36.3 Å². The third-order valence-corrected chi connectivity index (χ3v) is 5.31. The second kappa shape index (κ2) is 4.83. The molecule has 2 amide bonds. The number of carbonyl (C=O) groups excluding carboxylic acids is 2. The molecule has 1 aromatic rings. The predicted octanol–water partition coefficient (Wildman–Crippen LogP) is 2.36. The van der Waals surface area contributed by atoms with Crippen LogP contribution in [0.2, 0.25) is 0 Å². The molecular weight excluding hydrogens is 276 g/mol. The minimum Gasteiger partial charge on any atom is -0.342 e. The van der Waals surface area contributed by atoms with Crippen LogP contribution in [0.25, 0.3) is 0 Å². The Hall–Kier alpha value is -1.84. The van der Waals surface area contributed by atoms with Crippen LogP contribution in [0.1, 0.15) is 31.2 Å². The van der Waals surface area contributed by atoms with E-state index in [0.29, 0.717) is 12.3 Å². The van der Waals surface area contributed by atoms with Gasteiger partial charge in [-0.05, 0) is 43.9 Å². The van der Waals surface area contributed by atoms with E-state index in [1.165, 1.54) is 5.56 Å². The number of anilines is 1. The molecule has 1 aromatic carbocycles. The summed E-state index contributed by atoms with van der Waals surface area (Å²) in [7, 11) is 0. The van der Waals surface area contributed by atoms with Gasteiger partial charge in [-0.25, -0.2) is 0 Å². The van der Waals surface area contributed by atoms with Crippen molar-refractivity contribution in [2.24, 2.45) is 11.3 Å². The Kier molecular flexibility index (Phi) is 3.03. The van der Waals surface area contributed by atoms with Crippen molar-refractivity contribution < 1.29 is 9.59 Å². The molecule has 1 spiro atoms. The molecule has 2 heterocycles. The van der Waals surface area contributed by atoms with Crippen LogP contribution >= 0.6 is 0 Å². The number of hydrogen-bond acceptors (Lipinski definition) is 2. The van der Waals surface area contributed by atoms with Gasteiger partial charge in [0.15, 0.2) is 0 Å². The summed E-state index contributed by atoms with van der Waals surface area (Å²) in [6.07, 6.45) is 3.64. The lowest BCUT2D eigenvalue weighted by atomic mass is 9.86. The summed E-state index contributed by atoms with van der Waals surface area (Å²) in [4.78, 5) is 28.7. The second-order valence-electron chi connectivity index (χ2n) is 7.28. The molecule has 0 aromatic heterocycles. The van der Waals surface area contributed by atoms with Crippen LogP contribution in [-0.2, 0) is 9.59 Å². The first-order valence-electron chi connectivity index (χ1n) is 8.22. The number of amides is 2. The summed E-state index contributed by atoms with van der Waals surface area (Å²) in [5, 5.41) is 0. The van der Waals surface area contributed by atoms with Crippen LogP contribution in [0.15, 0.2) is 24.3 Å². The first kappa shape index (κ1) is 13.8. The molecule has 1 unspecified atom stereocenters. The number of nitrogens with zero attached hydrogens (tertiary/aromatic N) is 2. The summed E-state index contributed by atoms with van der Waals surface area (Å²) in [5.74, 6) is 0.796. The Morgan fingerprint density at radius 2 is 2.09 bits per heavy atom. The molecule has 4 rings (SSSR count). The van der Waals surface area contributed by atoms with Gasteiger partial charge in [-0.15, -0.1) is 0 Å². The first-order chi connectivity index (χ1) is 10.6. The van der Waals surface area contributed by atoms with Crippen molar-refractivity contribution in [3.63, 3.8) is 0 Å². The van der Waals surface area contributed by atoms with Crippen LogP contribution in [0.4, 0.5) is 5.69 Å². The maximum absolute atomic E-state index is 12.5. The molecule has 2 aliphatic heterocycles. The van der Waals surface area contributed by atoms with Crippen molar-refractivity contribution in [1.82, 2.24) is 4.90 Å². The molecule has 0 bridgehead atoms. The minimum absolute atomic E-state index is 0.0224. The van der Waals surface area contributed by atoms with E-state index in [-0.39, 0.29) is 17.2 Å². The van der Waals surface area contributed by atoms with Crippen molar-refractivity contribution in [3.05, 3.63) is 29.8 Å². The van der Waals surface area contributed by atoms with Crippen molar-refractivity contribution in [2.45, 2.75) is 32.6 Å². The van der Waals surface area contributed by atoms with E-state index in [4.69, 9.17) is 0 Å². The van der Waals surface area contributed by atoms with E-state index < -0.39 is 0 Å². The van der Waals surface area contributed by atoms with Crippen molar-refractivity contribution in [2.75, 3.05) is 24.5 Å². The molecule has 116 valence electrons. The molecule has 4 nitrogen and oxygen atoms in total. The lowest BCUT2D eigenvalue weighted by molar-refractivity contribution is -0.132. The molecular formula is C18H22N2O2. The van der Waals surface area contributed by atoms with Gasteiger partial charge < -0.3 is 9.80 Å². The van der Waals surface area contributed by atoms with Gasteiger partial charge in [0.2, 0.25) is 11.8 Å². The smallest absolute Gasteiger partial charge is 0.227 e. The SMILES string of the molecule is Cc1cccc(N2CC3(CCN(C(=O)C4CC4)C3)CC2=O)c1. The van der Waals surface area contributed by atoms with Gasteiger partial charge in [-0.1, -0.05) is 12.1 Å². The number of aryl methyl sites for hydroxylation is 1. The Morgan fingerprint density at radius 1 is 1.27 bits per heavy atom. The summed E-state index contributed by atoms with van der Waals surface area (Å²) in [5.41, 5.74) is 2.14. The first-order valence-corrected chi connectivity index (χ1v) is 8.22. The maximum Gasteiger partial charge on any atom is 0.227 e. The van der Waals surface area contributed by atoms with Gasteiger partial charge in [0, 0.05) is 43.1 Å². The van der Waals surface area contributed by atoms with E-state index >= 15 is 0 Å². The van der Waals surface area contributed by atoms with Gasteiger partial charge in [-0.2, -0.15) is 0 Å². The molecule has 22 heavy (non-hydrogen) atoms. The number of likely N-dealkylation sites (tertiary alicyclic amines) is 1. The van der Waals surface area contributed by atoms with Crippen LogP contribution in [0.5, 0.6) is 0 Å². The van der Waals surface area contributed by atoms with Crippen LogP contribution in [0.3, 0.4) is 0 Å². The molecule has 1 saturated carbocycles. The lowest BCUT2D eigenvalue weighted by Gasteiger charge is -2.24. The molecule has 2 saturated heterocycles. The molecule has 1 atom stereocenters. The molecule has 0 radical (unpaired) electrons. The Bertz CT molecular complexity index is 638. The van der Waals surface area contributed by atoms with E-state index in [1.807, 2.05) is 34.9 Å². The highest BCUT2D eigenvalue weighted by molar-refractivity contribution is 5.96. The molecule has 0 N–H and O–H groups in total. The highest BCUT2D eigenvalue weighted by Gasteiger charge is 2.50. The molecule has 3 fully saturated rings. The fourth-order valence-corrected chi connectivity index (χ4v) is 3.91. The number of carbonyl (C=O) groups is 2. The quantitative estimate of drug-likeness (QED) is 0.841. The normalized spacial score (nSPS) is 28.0. The third kappa shape index (κ3) is 2.31. The van der Waals surface area contributed by atoms with E-state index in [0.717, 1.165) is 44.6 Å². The molecule has 3 aliphatic rings. The average molecular weight is 298 g/mol. The maximum atomic E-state index is 12.5. The van der Waals surface area contributed by atoms with E-state index in [9.17, 15) is 9.59 Å². The summed E-state index contributed by atoms with van der Waals surface area (Å²) < 4.78 is 0. The van der Waals surface area contributed by atoms with E-state index in [2.05, 4.69) is 6.07 Å². The number of hydrogen-bond donors (Lipinski definition) is 0. The Morgan fingerprint density at radius 3 is 2.82 bits per heavy atom. The summed E-state index contributed by atoms with van der Waals surface area (Å²) in [6.45, 7) is 4.38. The zero-order valence-corrected chi connectivity index (χ0v) is 13.0. The summed E-state index contributed by atoms with van der Waals surface area (Å²) in [6, 6.07) is 8.12. The van der Waals surface area contributed by atoms with Gasteiger partial charge >= 0.3 is 0 Å². The second-order valence-corrected chi connectivity index (χ2v) is 7.28. The van der Waals surface area contributed by atoms with Crippen molar-refractivity contribution in [3.8, 4) is 0 Å². The lowest BCUT2D eigenvalue weighted by Crippen LogP contribution is -2.34.